The number of pyridine rings is 1. The molecule has 0 saturated carbocycles. The van der Waals surface area contributed by atoms with E-state index in [9.17, 15) is 17.2 Å². The van der Waals surface area contributed by atoms with Gasteiger partial charge in [-0.25, -0.2) is 0 Å². The first kappa shape index (κ1) is 20.0. The van der Waals surface area contributed by atoms with E-state index in [-0.39, 0.29) is 12.4 Å². The highest BCUT2D eigenvalue weighted by Crippen LogP contribution is 2.34. The van der Waals surface area contributed by atoms with Gasteiger partial charge in [0.05, 0.1) is 19.3 Å². The van der Waals surface area contributed by atoms with Crippen molar-refractivity contribution in [1.29, 1.82) is 0 Å². The average molecular weight is 489 g/mol. The lowest BCUT2D eigenvalue weighted by atomic mass is 10.2. The zero-order valence-corrected chi connectivity index (χ0v) is 16.3. The van der Waals surface area contributed by atoms with Crippen LogP contribution in [0.3, 0.4) is 0 Å². The van der Waals surface area contributed by atoms with Crippen LogP contribution in [0.5, 0.6) is 0 Å². The van der Waals surface area contributed by atoms with E-state index in [0.717, 1.165) is 31.4 Å². The Morgan fingerprint density at radius 3 is 2.48 bits per heavy atom. The molecule has 0 amide bonds. The normalized spacial score (nSPS) is 13.0. The topological polar surface area (TPSA) is 102 Å². The fourth-order valence-corrected chi connectivity index (χ4v) is 2.73. The first-order chi connectivity index (χ1) is 11.6. The number of hydrogen-bond acceptors (Lipinski definition) is 7. The molecule has 0 atom stereocenters. The van der Waals surface area contributed by atoms with Gasteiger partial charge in [0.2, 0.25) is 5.82 Å². The van der Waals surface area contributed by atoms with Crippen molar-refractivity contribution < 1.29 is 26.6 Å². The Morgan fingerprint density at radius 1 is 1.36 bits per heavy atom. The number of hydroxylamine groups is 1. The van der Waals surface area contributed by atoms with Crippen LogP contribution in [0, 0.1) is 0 Å². The van der Waals surface area contributed by atoms with Gasteiger partial charge in [-0.2, -0.15) is 26.5 Å². The maximum Gasteiger partial charge on any atom is 0.373 e. The minimum absolute atomic E-state index is 0.0464. The van der Waals surface area contributed by atoms with Crippen LogP contribution in [-0.4, -0.2) is 53.5 Å². The Labute approximate surface area is 156 Å². The van der Waals surface area contributed by atoms with Crippen molar-refractivity contribution in [3.05, 3.63) is 29.9 Å². The summed E-state index contributed by atoms with van der Waals surface area (Å²) in [6, 6.07) is 3.02. The molecule has 0 saturated heterocycles. The molecule has 2 rings (SSSR count). The van der Waals surface area contributed by atoms with Crippen molar-refractivity contribution in [3.63, 3.8) is 0 Å². The first-order valence-electron chi connectivity index (χ1n) is 6.66. The Bertz CT molecular complexity index is 823. The molecule has 0 unspecified atom stereocenters. The maximum atomic E-state index is 13.1. The predicted molar refractivity (Wildman–Crippen MR) is 90.6 cm³/mol. The van der Waals surface area contributed by atoms with E-state index in [1.54, 1.807) is 0 Å². The van der Waals surface area contributed by atoms with Crippen molar-refractivity contribution in [1.82, 2.24) is 23.9 Å². The summed E-state index contributed by atoms with van der Waals surface area (Å²) in [4.78, 5) is 12.6. The van der Waals surface area contributed by atoms with Gasteiger partial charge in [0.15, 0.2) is 0 Å². The molecule has 0 aliphatic heterocycles. The van der Waals surface area contributed by atoms with E-state index in [0.29, 0.717) is 11.3 Å². The van der Waals surface area contributed by atoms with Crippen molar-refractivity contribution in [2.75, 3.05) is 21.2 Å². The molecular weight excluding hydrogens is 475 g/mol. The quantitative estimate of drug-likeness (QED) is 0.332. The van der Waals surface area contributed by atoms with E-state index in [1.807, 2.05) is 0 Å². The number of hydrogen-bond donors (Lipinski definition) is 0. The third kappa shape index (κ3) is 4.66. The molecule has 0 aliphatic rings. The van der Waals surface area contributed by atoms with E-state index >= 15 is 0 Å². The SMILES string of the molecule is CON(Cc1ccc(-c2noc(C(F)(F)I)n2)cn1)S(=O)(=O)N(C)C. The van der Waals surface area contributed by atoms with E-state index in [1.165, 1.54) is 39.5 Å². The van der Waals surface area contributed by atoms with Gasteiger partial charge in [-0.3, -0.25) is 9.82 Å². The Hall–Kier alpha value is -1.29. The number of aromatic nitrogens is 3. The smallest absolute Gasteiger partial charge is 0.331 e. The lowest BCUT2D eigenvalue weighted by molar-refractivity contribution is -0.0606. The van der Waals surface area contributed by atoms with E-state index in [4.69, 9.17) is 4.84 Å². The van der Waals surface area contributed by atoms with Crippen LogP contribution in [0.1, 0.15) is 11.6 Å². The lowest BCUT2D eigenvalue weighted by Gasteiger charge is -2.22. The van der Waals surface area contributed by atoms with Crippen LogP contribution in [0.4, 0.5) is 8.78 Å². The van der Waals surface area contributed by atoms with Crippen molar-refractivity contribution in [2.24, 2.45) is 0 Å². The predicted octanol–water partition coefficient (Wildman–Crippen LogP) is 1.79. The molecule has 2 aromatic rings. The molecule has 0 N–H and O–H groups in total. The molecule has 25 heavy (non-hydrogen) atoms. The average Bonchev–Trinajstić information content (AvgIpc) is 3.03. The summed E-state index contributed by atoms with van der Waals surface area (Å²) in [6.45, 7) is -0.138. The number of halogens is 3. The Morgan fingerprint density at radius 2 is 2.04 bits per heavy atom. The molecule has 2 heterocycles. The summed E-state index contributed by atoms with van der Waals surface area (Å²) in [6.07, 6.45) is 1.32. The second-order valence-corrected chi connectivity index (χ2v) is 8.28. The van der Waals surface area contributed by atoms with Crippen molar-refractivity contribution in [2.45, 2.75) is 10.5 Å². The standard InChI is InChI=1S/C12H14F2IN5O4S/c1-19(2)25(21,22)20(23-3)7-9-5-4-8(6-16-9)10-17-11(24-18-10)12(13,14)15/h4-6H,7H2,1-3H3. The largest absolute Gasteiger partial charge is 0.373 e. The lowest BCUT2D eigenvalue weighted by Crippen LogP contribution is -2.39. The summed E-state index contributed by atoms with van der Waals surface area (Å²) in [5.41, 5.74) is 0.720. The summed E-state index contributed by atoms with van der Waals surface area (Å²) >= 11 is 0.885. The zero-order valence-electron chi connectivity index (χ0n) is 13.4. The summed E-state index contributed by atoms with van der Waals surface area (Å²) in [5, 5.41) is 3.47. The molecule has 138 valence electrons. The van der Waals surface area contributed by atoms with Gasteiger partial charge in [0, 0.05) is 48.4 Å². The van der Waals surface area contributed by atoms with Crippen LogP contribution < -0.4 is 0 Å². The van der Waals surface area contributed by atoms with Crippen LogP contribution >= 0.6 is 22.6 Å². The summed E-state index contributed by atoms with van der Waals surface area (Å²) in [5.74, 6) is -0.857. The number of rotatable bonds is 7. The molecule has 0 bridgehead atoms. The third-order valence-electron chi connectivity index (χ3n) is 2.96. The van der Waals surface area contributed by atoms with E-state index in [2.05, 4.69) is 19.6 Å². The second kappa shape index (κ2) is 7.53. The Kier molecular flexibility index (Phi) is 6.03. The van der Waals surface area contributed by atoms with Crippen molar-refractivity contribution >= 4 is 32.8 Å². The highest BCUT2D eigenvalue weighted by Gasteiger charge is 2.34. The van der Waals surface area contributed by atoms with Gasteiger partial charge in [0.25, 0.3) is 0 Å². The van der Waals surface area contributed by atoms with Gasteiger partial charge in [-0.15, -0.1) is 0 Å². The fourth-order valence-electron chi connectivity index (χ4n) is 1.66. The third-order valence-corrected chi connectivity index (χ3v) is 5.14. The summed E-state index contributed by atoms with van der Waals surface area (Å²) < 4.78 is 53.3. The van der Waals surface area contributed by atoms with Gasteiger partial charge >= 0.3 is 20.0 Å². The molecule has 0 aromatic carbocycles. The molecule has 9 nitrogen and oxygen atoms in total. The molecule has 13 heteroatoms. The molecule has 0 aliphatic carbocycles. The van der Waals surface area contributed by atoms with Gasteiger partial charge in [-0.1, -0.05) is 9.63 Å². The van der Waals surface area contributed by atoms with Gasteiger partial charge in [0.1, 0.15) is 0 Å². The first-order valence-corrected chi connectivity index (χ1v) is 9.13. The fraction of sp³-hybridized carbons (Fsp3) is 0.417. The van der Waals surface area contributed by atoms with Gasteiger partial charge < -0.3 is 4.52 Å². The highest BCUT2D eigenvalue weighted by molar-refractivity contribution is 14.1. The zero-order chi connectivity index (χ0) is 18.8. The monoisotopic (exact) mass is 489 g/mol. The summed E-state index contributed by atoms with van der Waals surface area (Å²) in [7, 11) is 0.180. The molecular formula is C12H14F2IN5O4S. The van der Waals surface area contributed by atoms with Crippen LogP contribution in [0.15, 0.2) is 22.9 Å². The second-order valence-electron chi connectivity index (χ2n) is 4.89. The van der Waals surface area contributed by atoms with Gasteiger partial charge in [-0.05, 0) is 12.1 Å². The minimum atomic E-state index is -3.78. The Balaban J connectivity index is 2.18. The molecule has 2 aromatic heterocycles. The minimum Gasteiger partial charge on any atom is -0.331 e. The number of alkyl halides is 3. The molecule has 0 fully saturated rings. The molecule has 0 spiro atoms. The van der Waals surface area contributed by atoms with Crippen LogP contribution in [0.2, 0.25) is 0 Å². The van der Waals surface area contributed by atoms with Crippen LogP contribution in [-0.2, 0) is 25.5 Å². The number of nitrogens with zero attached hydrogens (tertiary/aromatic N) is 5. The maximum absolute atomic E-state index is 13.1. The highest BCUT2D eigenvalue weighted by atomic mass is 127. The van der Waals surface area contributed by atoms with Crippen LogP contribution in [0.25, 0.3) is 11.4 Å². The van der Waals surface area contributed by atoms with Crippen molar-refractivity contribution in [3.8, 4) is 11.4 Å². The molecule has 0 radical (unpaired) electrons. The van der Waals surface area contributed by atoms with E-state index < -0.39 is 20.0 Å².